The van der Waals surface area contributed by atoms with Gasteiger partial charge in [0.1, 0.15) is 0 Å². The molecule has 0 aliphatic rings. The minimum Gasteiger partial charge on any atom is -0.144 e. The molecule has 0 saturated carbocycles. The maximum absolute atomic E-state index is 3.81. The van der Waals surface area contributed by atoms with Crippen LogP contribution in [0, 0.1) is 6.92 Å². The fraction of sp³-hybridized carbons (Fsp3) is 0.286. The highest BCUT2D eigenvalue weighted by Gasteiger charge is 2.16. The van der Waals surface area contributed by atoms with Gasteiger partial charge in [-0.05, 0) is 48.7 Å². The zero-order valence-electron chi connectivity index (χ0n) is 10.1. The minimum absolute atomic E-state index is 0.245. The highest BCUT2D eigenvalue weighted by atomic mass is 79.9. The van der Waals surface area contributed by atoms with Gasteiger partial charge in [0, 0.05) is 18.7 Å². The Hall–Kier alpha value is 0.360. The predicted molar refractivity (Wildman–Crippen MR) is 91.0 cm³/mol. The molecule has 0 spiro atoms. The number of hydrogen-bond acceptors (Lipinski definition) is 1. The molecule has 0 radical (unpaired) electrons. The third kappa shape index (κ3) is 3.09. The number of benzene rings is 1. The van der Waals surface area contributed by atoms with Crippen LogP contribution in [0.1, 0.15) is 32.6 Å². The second kappa shape index (κ2) is 6.21. The number of rotatable bonds is 3. The van der Waals surface area contributed by atoms with Crippen LogP contribution in [0.3, 0.4) is 0 Å². The van der Waals surface area contributed by atoms with Crippen molar-refractivity contribution in [2.24, 2.45) is 0 Å². The minimum atomic E-state index is 0.245. The van der Waals surface area contributed by atoms with Crippen LogP contribution in [0.5, 0.6) is 0 Å². The van der Waals surface area contributed by atoms with Gasteiger partial charge in [-0.2, -0.15) is 0 Å². The first-order valence-electron chi connectivity index (χ1n) is 5.71. The summed E-state index contributed by atoms with van der Waals surface area (Å²) >= 11 is 12.9. The van der Waals surface area contributed by atoms with E-state index in [4.69, 9.17) is 0 Å². The van der Waals surface area contributed by atoms with Gasteiger partial charge in [0.25, 0.3) is 0 Å². The Morgan fingerprint density at radius 1 is 1.17 bits per heavy atom. The first kappa shape index (κ1) is 14.8. The van der Waals surface area contributed by atoms with Crippen molar-refractivity contribution in [1.82, 2.24) is 0 Å². The Morgan fingerprint density at radius 3 is 2.50 bits per heavy atom. The van der Waals surface area contributed by atoms with E-state index in [9.17, 15) is 0 Å². The van der Waals surface area contributed by atoms with Crippen molar-refractivity contribution >= 4 is 59.1 Å². The third-order valence-electron chi connectivity index (χ3n) is 2.83. The molecule has 2 rings (SSSR count). The van der Waals surface area contributed by atoms with Gasteiger partial charge in [0.2, 0.25) is 0 Å². The Kier molecular flexibility index (Phi) is 5.09. The number of hydrogen-bond donors (Lipinski definition) is 0. The molecule has 0 aliphatic heterocycles. The molecule has 1 aromatic heterocycles. The molecule has 0 saturated heterocycles. The Balaban J connectivity index is 2.39. The second-order valence-electron chi connectivity index (χ2n) is 4.14. The van der Waals surface area contributed by atoms with Gasteiger partial charge < -0.3 is 0 Å². The van der Waals surface area contributed by atoms with Crippen molar-refractivity contribution in [2.45, 2.75) is 25.1 Å². The summed E-state index contributed by atoms with van der Waals surface area (Å²) in [6, 6.07) is 8.76. The maximum Gasteiger partial charge on any atom is 0.0749 e. The maximum atomic E-state index is 3.81. The second-order valence-corrected chi connectivity index (χ2v) is 7.97. The van der Waals surface area contributed by atoms with Gasteiger partial charge in [0.15, 0.2) is 0 Å². The van der Waals surface area contributed by atoms with Crippen molar-refractivity contribution in [2.75, 3.05) is 0 Å². The van der Waals surface area contributed by atoms with E-state index in [1.165, 1.54) is 20.9 Å². The summed E-state index contributed by atoms with van der Waals surface area (Å²) in [5.41, 5.74) is 2.50. The van der Waals surface area contributed by atoms with Crippen molar-refractivity contribution in [3.63, 3.8) is 0 Å². The summed E-state index contributed by atoms with van der Waals surface area (Å²) in [4.78, 5) is 3.02. The van der Waals surface area contributed by atoms with E-state index < -0.39 is 0 Å². The van der Waals surface area contributed by atoms with Crippen molar-refractivity contribution in [3.8, 4) is 0 Å². The van der Waals surface area contributed by atoms with Crippen LogP contribution in [-0.2, 0) is 6.42 Å². The number of thiophene rings is 1. The number of halogens is 3. The molecule has 0 nitrogen and oxygen atoms in total. The fourth-order valence-electron chi connectivity index (χ4n) is 1.73. The molecular formula is C14H13Br3S. The molecule has 4 heteroatoms. The standard InChI is InChI=1S/C14H13Br3S/c1-3-9-4-5-13(18-9)14(17)10-7-11(15)8(2)6-12(10)16/h4-7,14H,3H2,1-2H3. The molecule has 1 heterocycles. The van der Waals surface area contributed by atoms with E-state index in [1.807, 2.05) is 11.3 Å². The molecule has 1 unspecified atom stereocenters. The summed E-state index contributed by atoms with van der Waals surface area (Å²) in [6.45, 7) is 4.29. The zero-order valence-corrected chi connectivity index (χ0v) is 15.7. The molecule has 0 fully saturated rings. The van der Waals surface area contributed by atoms with Gasteiger partial charge in [0.05, 0.1) is 4.83 Å². The van der Waals surface area contributed by atoms with Gasteiger partial charge in [-0.25, -0.2) is 0 Å². The smallest absolute Gasteiger partial charge is 0.0749 e. The molecule has 0 bridgehead atoms. The highest BCUT2D eigenvalue weighted by Crippen LogP contribution is 2.40. The van der Waals surface area contributed by atoms with Gasteiger partial charge in [-0.3, -0.25) is 0 Å². The van der Waals surface area contributed by atoms with Crippen LogP contribution in [0.4, 0.5) is 0 Å². The molecule has 1 atom stereocenters. The van der Waals surface area contributed by atoms with E-state index in [0.29, 0.717) is 0 Å². The van der Waals surface area contributed by atoms with Gasteiger partial charge in [-0.1, -0.05) is 54.7 Å². The lowest BCUT2D eigenvalue weighted by Gasteiger charge is -2.12. The number of alkyl halides is 1. The van der Waals surface area contributed by atoms with E-state index >= 15 is 0 Å². The molecule has 1 aromatic carbocycles. The van der Waals surface area contributed by atoms with E-state index in [2.05, 4.69) is 85.9 Å². The lowest BCUT2D eigenvalue weighted by Crippen LogP contribution is -1.93. The first-order chi connectivity index (χ1) is 8.52. The lowest BCUT2D eigenvalue weighted by molar-refractivity contribution is 1.19. The van der Waals surface area contributed by atoms with E-state index in [0.717, 1.165) is 15.4 Å². The molecule has 0 amide bonds. The average molecular weight is 453 g/mol. The summed E-state index contributed by atoms with van der Waals surface area (Å²) in [5, 5.41) is 0. The molecule has 0 N–H and O–H groups in total. The van der Waals surface area contributed by atoms with E-state index in [1.54, 1.807) is 0 Å². The zero-order chi connectivity index (χ0) is 13.3. The van der Waals surface area contributed by atoms with Crippen molar-refractivity contribution in [3.05, 3.63) is 54.1 Å². The van der Waals surface area contributed by atoms with Gasteiger partial charge in [-0.15, -0.1) is 11.3 Å². The van der Waals surface area contributed by atoms with Crippen molar-refractivity contribution < 1.29 is 0 Å². The van der Waals surface area contributed by atoms with Crippen LogP contribution in [0.2, 0.25) is 0 Å². The fourth-order valence-corrected chi connectivity index (χ4v) is 4.85. The van der Waals surface area contributed by atoms with Crippen molar-refractivity contribution in [1.29, 1.82) is 0 Å². The topological polar surface area (TPSA) is 0 Å². The summed E-state index contributed by atoms with van der Waals surface area (Å²) in [5.74, 6) is 0. The lowest BCUT2D eigenvalue weighted by atomic mass is 10.1. The number of aryl methyl sites for hydroxylation is 2. The Bertz CT molecular complexity index is 560. The average Bonchev–Trinajstić information content (AvgIpc) is 2.81. The molecular weight excluding hydrogens is 440 g/mol. The normalized spacial score (nSPS) is 12.7. The van der Waals surface area contributed by atoms with Crippen LogP contribution < -0.4 is 0 Å². The van der Waals surface area contributed by atoms with Gasteiger partial charge >= 0.3 is 0 Å². The quantitative estimate of drug-likeness (QED) is 0.458. The molecule has 2 aromatic rings. The summed E-state index contributed by atoms with van der Waals surface area (Å²) in [7, 11) is 0. The van der Waals surface area contributed by atoms with Crippen LogP contribution in [0.15, 0.2) is 33.2 Å². The highest BCUT2D eigenvalue weighted by molar-refractivity contribution is 9.11. The van der Waals surface area contributed by atoms with E-state index in [-0.39, 0.29) is 4.83 Å². The Labute approximate surface area is 137 Å². The largest absolute Gasteiger partial charge is 0.144 e. The first-order valence-corrected chi connectivity index (χ1v) is 9.03. The van der Waals surface area contributed by atoms with Crippen LogP contribution in [-0.4, -0.2) is 0 Å². The Morgan fingerprint density at radius 2 is 1.89 bits per heavy atom. The molecule has 0 aliphatic carbocycles. The molecule has 96 valence electrons. The summed E-state index contributed by atoms with van der Waals surface area (Å²) in [6.07, 6.45) is 1.10. The predicted octanol–water partition coefficient (Wildman–Crippen LogP) is 6.63. The monoisotopic (exact) mass is 450 g/mol. The third-order valence-corrected chi connectivity index (χ3v) is 6.96. The molecule has 18 heavy (non-hydrogen) atoms. The van der Waals surface area contributed by atoms with Crippen LogP contribution >= 0.6 is 59.1 Å². The SMILES string of the molecule is CCc1ccc(C(Br)c2cc(Br)c(C)cc2Br)s1. The summed E-state index contributed by atoms with van der Waals surface area (Å²) < 4.78 is 2.30. The van der Waals surface area contributed by atoms with Crippen LogP contribution in [0.25, 0.3) is 0 Å².